The van der Waals surface area contributed by atoms with E-state index in [4.69, 9.17) is 0 Å². The lowest BCUT2D eigenvalue weighted by Gasteiger charge is -2.32. The van der Waals surface area contributed by atoms with E-state index in [0.29, 0.717) is 13.1 Å². The first kappa shape index (κ1) is 16.7. The molecule has 3 aromatic rings. The molecule has 0 atom stereocenters. The highest BCUT2D eigenvalue weighted by atomic mass is 19.1. The minimum atomic E-state index is -0.441. The van der Waals surface area contributed by atoms with Crippen molar-refractivity contribution in [1.82, 2.24) is 4.90 Å². The summed E-state index contributed by atoms with van der Waals surface area (Å²) in [5.74, 6) is -0.642. The lowest BCUT2D eigenvalue weighted by Crippen LogP contribution is -3.13. The number of nitrogens with zero attached hydrogens (tertiary/aromatic N) is 1. The van der Waals surface area contributed by atoms with Crippen molar-refractivity contribution in [3.8, 4) is 0 Å². The Bertz CT molecular complexity index is 932. The number of carbonyl (C=O) groups excluding carboxylic acids is 1. The third-order valence-corrected chi connectivity index (χ3v) is 5.13. The molecule has 0 radical (unpaired) electrons. The van der Waals surface area contributed by atoms with Gasteiger partial charge in [0, 0.05) is 5.56 Å². The Labute approximate surface area is 152 Å². The molecule has 1 amide bonds. The van der Waals surface area contributed by atoms with Gasteiger partial charge in [-0.15, -0.1) is 0 Å². The Balaban J connectivity index is 1.38. The number of halogens is 1. The van der Waals surface area contributed by atoms with Crippen LogP contribution in [0, 0.1) is 5.82 Å². The van der Waals surface area contributed by atoms with Crippen LogP contribution in [0.1, 0.15) is 15.9 Å². The maximum absolute atomic E-state index is 13.8. The van der Waals surface area contributed by atoms with Crippen LogP contribution in [0.4, 0.5) is 4.39 Å². The highest BCUT2D eigenvalue weighted by Gasteiger charge is 2.26. The van der Waals surface area contributed by atoms with Gasteiger partial charge in [-0.25, -0.2) is 4.39 Å². The Morgan fingerprint density at radius 1 is 0.923 bits per heavy atom. The van der Waals surface area contributed by atoms with Crippen LogP contribution in [0.25, 0.3) is 10.8 Å². The number of rotatable bonds is 3. The van der Waals surface area contributed by atoms with Gasteiger partial charge in [-0.3, -0.25) is 4.79 Å². The number of benzene rings is 3. The number of nitrogens with one attached hydrogen (secondary N) is 1. The molecule has 1 heterocycles. The maximum Gasteiger partial charge on any atom is 0.257 e. The smallest absolute Gasteiger partial charge is 0.257 e. The first-order chi connectivity index (χ1) is 12.7. The molecular weight excluding hydrogens is 327 g/mol. The lowest BCUT2D eigenvalue weighted by atomic mass is 10.1. The summed E-state index contributed by atoms with van der Waals surface area (Å²) in [5.41, 5.74) is 1.48. The molecule has 1 aliphatic rings. The van der Waals surface area contributed by atoms with Gasteiger partial charge >= 0.3 is 0 Å². The third-order valence-electron chi connectivity index (χ3n) is 5.13. The summed E-state index contributed by atoms with van der Waals surface area (Å²) in [6, 6.07) is 21.2. The summed E-state index contributed by atoms with van der Waals surface area (Å²) in [6.07, 6.45) is 0. The largest absolute Gasteiger partial charge is 0.328 e. The van der Waals surface area contributed by atoms with Crippen LogP contribution in [-0.4, -0.2) is 37.0 Å². The monoisotopic (exact) mass is 349 g/mol. The van der Waals surface area contributed by atoms with Crippen molar-refractivity contribution < 1.29 is 14.1 Å². The van der Waals surface area contributed by atoms with E-state index in [1.54, 1.807) is 23.1 Å². The first-order valence-corrected chi connectivity index (χ1v) is 9.06. The Hall–Kier alpha value is -2.72. The van der Waals surface area contributed by atoms with Crippen molar-refractivity contribution in [2.24, 2.45) is 0 Å². The molecule has 4 rings (SSSR count). The van der Waals surface area contributed by atoms with Crippen molar-refractivity contribution in [2.45, 2.75) is 6.54 Å². The zero-order chi connectivity index (χ0) is 17.9. The minimum absolute atomic E-state index is 0.172. The summed E-state index contributed by atoms with van der Waals surface area (Å²) in [5, 5.41) is 2.52. The van der Waals surface area contributed by atoms with Crippen LogP contribution < -0.4 is 4.90 Å². The summed E-state index contributed by atoms with van der Waals surface area (Å²) in [4.78, 5) is 15.7. The second-order valence-corrected chi connectivity index (χ2v) is 6.88. The average molecular weight is 349 g/mol. The summed E-state index contributed by atoms with van der Waals surface area (Å²) >= 11 is 0. The van der Waals surface area contributed by atoms with E-state index >= 15 is 0 Å². The standard InChI is InChI=1S/C22H21FN2O/c23-21-8-4-3-7-20(21)22(26)25-13-11-24(12-14-25)16-17-9-10-18-5-1-2-6-19(18)15-17/h1-10,15H,11-14,16H2/p+1. The predicted molar refractivity (Wildman–Crippen MR) is 101 cm³/mol. The molecule has 1 fully saturated rings. The molecule has 3 aromatic carbocycles. The van der Waals surface area contributed by atoms with Crippen molar-refractivity contribution in [1.29, 1.82) is 0 Å². The quantitative estimate of drug-likeness (QED) is 0.772. The lowest BCUT2D eigenvalue weighted by molar-refractivity contribution is -0.917. The minimum Gasteiger partial charge on any atom is -0.328 e. The maximum atomic E-state index is 13.8. The van der Waals surface area contributed by atoms with E-state index < -0.39 is 5.82 Å². The molecule has 3 nitrogen and oxygen atoms in total. The van der Waals surface area contributed by atoms with Gasteiger partial charge in [0.2, 0.25) is 0 Å². The average Bonchev–Trinajstić information content (AvgIpc) is 2.68. The van der Waals surface area contributed by atoms with Gasteiger partial charge in [0.1, 0.15) is 12.4 Å². The number of hydrogen-bond acceptors (Lipinski definition) is 1. The highest BCUT2D eigenvalue weighted by molar-refractivity contribution is 5.94. The van der Waals surface area contributed by atoms with Gasteiger partial charge in [0.15, 0.2) is 0 Å². The summed E-state index contributed by atoms with van der Waals surface area (Å²) in [6.45, 7) is 4.04. The van der Waals surface area contributed by atoms with Gasteiger partial charge in [-0.1, -0.05) is 48.5 Å². The van der Waals surface area contributed by atoms with E-state index in [-0.39, 0.29) is 11.5 Å². The molecule has 132 valence electrons. The fraction of sp³-hybridized carbons (Fsp3) is 0.227. The summed E-state index contributed by atoms with van der Waals surface area (Å²) < 4.78 is 13.8. The predicted octanol–water partition coefficient (Wildman–Crippen LogP) is 2.52. The fourth-order valence-corrected chi connectivity index (χ4v) is 3.65. The molecule has 0 saturated carbocycles. The van der Waals surface area contributed by atoms with Gasteiger partial charge in [-0.05, 0) is 29.0 Å². The van der Waals surface area contributed by atoms with E-state index in [0.717, 1.165) is 19.6 Å². The highest BCUT2D eigenvalue weighted by Crippen LogP contribution is 2.15. The van der Waals surface area contributed by atoms with E-state index in [2.05, 4.69) is 42.5 Å². The number of fused-ring (bicyclic) bond motifs is 1. The van der Waals surface area contributed by atoms with Gasteiger partial charge < -0.3 is 9.80 Å². The van der Waals surface area contributed by atoms with Crippen molar-refractivity contribution in [3.05, 3.63) is 83.7 Å². The van der Waals surface area contributed by atoms with Crippen LogP contribution in [0.5, 0.6) is 0 Å². The second kappa shape index (κ2) is 7.26. The van der Waals surface area contributed by atoms with E-state index in [9.17, 15) is 9.18 Å². The number of amides is 1. The van der Waals surface area contributed by atoms with Gasteiger partial charge in [0.05, 0.1) is 31.7 Å². The zero-order valence-electron chi connectivity index (χ0n) is 14.6. The first-order valence-electron chi connectivity index (χ1n) is 9.06. The molecule has 1 aliphatic heterocycles. The molecule has 1 N–H and O–H groups in total. The number of quaternary nitrogens is 1. The van der Waals surface area contributed by atoms with Crippen LogP contribution in [0.3, 0.4) is 0 Å². The van der Waals surface area contributed by atoms with E-state index in [1.807, 2.05) is 0 Å². The van der Waals surface area contributed by atoms with Gasteiger partial charge in [0.25, 0.3) is 5.91 Å². The Morgan fingerprint density at radius 2 is 1.62 bits per heavy atom. The number of carbonyl (C=O) groups is 1. The van der Waals surface area contributed by atoms with E-state index in [1.165, 1.54) is 27.3 Å². The molecule has 0 aliphatic carbocycles. The second-order valence-electron chi connectivity index (χ2n) is 6.88. The molecule has 0 aromatic heterocycles. The van der Waals surface area contributed by atoms with Crippen molar-refractivity contribution >= 4 is 16.7 Å². The van der Waals surface area contributed by atoms with Crippen molar-refractivity contribution in [3.63, 3.8) is 0 Å². The molecular formula is C22H22FN2O+. The Morgan fingerprint density at radius 3 is 2.38 bits per heavy atom. The SMILES string of the molecule is O=C(c1ccccc1F)N1CC[NH+](Cc2ccc3ccccc3c2)CC1. The van der Waals surface area contributed by atoms with Crippen LogP contribution in [-0.2, 0) is 6.54 Å². The summed E-state index contributed by atoms with van der Waals surface area (Å²) in [7, 11) is 0. The molecule has 0 bridgehead atoms. The fourth-order valence-electron chi connectivity index (χ4n) is 3.65. The Kier molecular flexibility index (Phi) is 4.67. The molecule has 0 spiro atoms. The van der Waals surface area contributed by atoms with Crippen molar-refractivity contribution in [2.75, 3.05) is 26.2 Å². The van der Waals surface area contributed by atoms with Crippen LogP contribution in [0.15, 0.2) is 66.7 Å². The number of hydrogen-bond donors (Lipinski definition) is 1. The van der Waals surface area contributed by atoms with Crippen LogP contribution >= 0.6 is 0 Å². The van der Waals surface area contributed by atoms with Gasteiger partial charge in [-0.2, -0.15) is 0 Å². The zero-order valence-corrected chi connectivity index (χ0v) is 14.6. The molecule has 26 heavy (non-hydrogen) atoms. The normalized spacial score (nSPS) is 15.3. The molecule has 0 unspecified atom stereocenters. The molecule has 1 saturated heterocycles. The topological polar surface area (TPSA) is 24.8 Å². The van der Waals surface area contributed by atoms with Crippen LogP contribution in [0.2, 0.25) is 0 Å². The number of piperazine rings is 1. The third kappa shape index (κ3) is 3.46. The molecule has 4 heteroatoms.